The summed E-state index contributed by atoms with van der Waals surface area (Å²) in [6.45, 7) is 0.816. The zero-order valence-electron chi connectivity index (χ0n) is 9.49. The van der Waals surface area contributed by atoms with Crippen LogP contribution in [0.1, 0.15) is 6.92 Å². The van der Waals surface area contributed by atoms with E-state index in [9.17, 15) is 18.4 Å². The third-order valence-corrected chi connectivity index (χ3v) is 1.76. The number of carbonyl (C=O) groups is 2. The summed E-state index contributed by atoms with van der Waals surface area (Å²) in [5.41, 5.74) is 0. The monoisotopic (exact) mass is 254 g/mol. The van der Waals surface area contributed by atoms with Crippen LogP contribution >= 0.6 is 0 Å². The number of hydrogen-bond acceptors (Lipinski definition) is 3. The van der Waals surface area contributed by atoms with Gasteiger partial charge in [-0.2, -0.15) is 0 Å². The molecule has 0 heterocycles. The molecule has 8 heteroatoms. The van der Waals surface area contributed by atoms with Gasteiger partial charge in [-0.1, -0.05) is 0 Å². The molecule has 100 valence electrons. The first-order valence-corrected chi connectivity index (χ1v) is 5.07. The Hall–Kier alpha value is -1.44. The fourth-order valence-electron chi connectivity index (χ4n) is 1.00. The third-order valence-electron chi connectivity index (χ3n) is 1.76. The Bertz CT molecular complexity index is 251. The first kappa shape index (κ1) is 15.6. The molecule has 2 amide bonds. The minimum atomic E-state index is -2.54. The van der Waals surface area contributed by atoms with Crippen molar-refractivity contribution >= 4 is 12.0 Å². The summed E-state index contributed by atoms with van der Waals surface area (Å²) >= 11 is 0. The Balaban J connectivity index is 3.72. The molecule has 0 aromatic carbocycles. The number of alkyl halides is 2. The van der Waals surface area contributed by atoms with E-state index in [0.29, 0.717) is 0 Å². The summed E-state index contributed by atoms with van der Waals surface area (Å²) in [6.07, 6.45) is -2.54. The molecule has 17 heavy (non-hydrogen) atoms. The number of carboxylic acid groups (broad SMARTS) is 1. The van der Waals surface area contributed by atoms with Crippen molar-refractivity contribution < 1.29 is 28.2 Å². The number of hydrogen-bond donors (Lipinski definition) is 2. The highest BCUT2D eigenvalue weighted by Gasteiger charge is 2.13. The number of ether oxygens (including phenoxy) is 1. The maximum atomic E-state index is 11.7. The number of amides is 2. The number of aliphatic carboxylic acids is 1. The summed E-state index contributed by atoms with van der Waals surface area (Å²) in [7, 11) is 0. The van der Waals surface area contributed by atoms with Crippen molar-refractivity contribution in [2.24, 2.45) is 0 Å². The molecule has 0 unspecified atom stereocenters. The molecule has 0 saturated carbocycles. The number of rotatable bonds is 8. The molecule has 0 atom stereocenters. The standard InChI is InChI=1S/C9H16F2N2O4/c1-2-13(5-8(14)15)9(16)12-3-4-17-6-7(10)11/h7H,2-6H2,1H3,(H,12,16)(H,14,15). The van der Waals surface area contributed by atoms with E-state index in [0.717, 1.165) is 4.90 Å². The molecule has 6 nitrogen and oxygen atoms in total. The van der Waals surface area contributed by atoms with Crippen LogP contribution in [0.3, 0.4) is 0 Å². The molecule has 0 aromatic rings. The van der Waals surface area contributed by atoms with Crippen molar-refractivity contribution in [2.45, 2.75) is 13.3 Å². The van der Waals surface area contributed by atoms with E-state index in [4.69, 9.17) is 5.11 Å². The van der Waals surface area contributed by atoms with Crippen LogP contribution in [-0.2, 0) is 9.53 Å². The minimum absolute atomic E-state index is 0.0410. The lowest BCUT2D eigenvalue weighted by atomic mass is 10.5. The van der Waals surface area contributed by atoms with E-state index in [-0.39, 0.29) is 19.7 Å². The Morgan fingerprint density at radius 3 is 2.59 bits per heavy atom. The van der Waals surface area contributed by atoms with Crippen LogP contribution in [0.4, 0.5) is 13.6 Å². The average molecular weight is 254 g/mol. The molecular weight excluding hydrogens is 238 g/mol. The van der Waals surface area contributed by atoms with Gasteiger partial charge in [0, 0.05) is 13.1 Å². The highest BCUT2D eigenvalue weighted by atomic mass is 19.3. The molecule has 0 radical (unpaired) electrons. The Morgan fingerprint density at radius 1 is 1.47 bits per heavy atom. The van der Waals surface area contributed by atoms with Gasteiger partial charge in [0.15, 0.2) is 0 Å². The summed E-state index contributed by atoms with van der Waals surface area (Å²) in [6, 6.07) is -0.560. The lowest BCUT2D eigenvalue weighted by Crippen LogP contribution is -2.43. The molecule has 0 fully saturated rings. The van der Waals surface area contributed by atoms with E-state index in [1.807, 2.05) is 0 Å². The highest BCUT2D eigenvalue weighted by Crippen LogP contribution is 1.92. The van der Waals surface area contributed by atoms with Crippen LogP contribution in [0.25, 0.3) is 0 Å². The average Bonchev–Trinajstić information content (AvgIpc) is 2.24. The predicted octanol–water partition coefficient (Wildman–Crippen LogP) is 0.384. The van der Waals surface area contributed by atoms with Crippen molar-refractivity contribution in [2.75, 3.05) is 32.8 Å². The van der Waals surface area contributed by atoms with Gasteiger partial charge in [-0.25, -0.2) is 13.6 Å². The van der Waals surface area contributed by atoms with Crippen molar-refractivity contribution in [1.29, 1.82) is 0 Å². The quantitative estimate of drug-likeness (QED) is 0.614. The summed E-state index contributed by atoms with van der Waals surface area (Å²) in [5.74, 6) is -1.11. The maximum Gasteiger partial charge on any atom is 0.323 e. The number of halogens is 2. The van der Waals surface area contributed by atoms with Gasteiger partial charge in [-0.15, -0.1) is 0 Å². The van der Waals surface area contributed by atoms with E-state index in [1.54, 1.807) is 6.92 Å². The molecule has 2 N–H and O–H groups in total. The van der Waals surface area contributed by atoms with Crippen LogP contribution in [-0.4, -0.2) is 61.3 Å². The zero-order chi connectivity index (χ0) is 13.3. The van der Waals surface area contributed by atoms with Crippen molar-refractivity contribution in [3.8, 4) is 0 Å². The number of nitrogens with zero attached hydrogens (tertiary/aromatic N) is 1. The molecule has 0 aliphatic heterocycles. The van der Waals surface area contributed by atoms with E-state index >= 15 is 0 Å². The van der Waals surface area contributed by atoms with E-state index in [2.05, 4.69) is 10.1 Å². The summed E-state index contributed by atoms with van der Waals surface area (Å²) in [5, 5.41) is 10.9. The smallest absolute Gasteiger partial charge is 0.323 e. The van der Waals surface area contributed by atoms with Gasteiger partial charge < -0.3 is 20.1 Å². The van der Waals surface area contributed by atoms with Crippen molar-refractivity contribution in [1.82, 2.24) is 10.2 Å². The molecule has 0 aromatic heterocycles. The second-order valence-electron chi connectivity index (χ2n) is 3.11. The lowest BCUT2D eigenvalue weighted by molar-refractivity contribution is -0.137. The van der Waals surface area contributed by atoms with Gasteiger partial charge in [-0.05, 0) is 6.92 Å². The van der Waals surface area contributed by atoms with E-state index in [1.165, 1.54) is 0 Å². The fraction of sp³-hybridized carbons (Fsp3) is 0.778. The first-order valence-electron chi connectivity index (χ1n) is 5.07. The van der Waals surface area contributed by atoms with Gasteiger partial charge >= 0.3 is 12.0 Å². The Kier molecular flexibility index (Phi) is 7.95. The third kappa shape index (κ3) is 8.38. The summed E-state index contributed by atoms with van der Waals surface area (Å²) in [4.78, 5) is 22.8. The highest BCUT2D eigenvalue weighted by molar-refractivity contribution is 5.79. The molecule has 0 aliphatic carbocycles. The SMILES string of the molecule is CCN(CC(=O)O)C(=O)NCCOCC(F)F. The molecule has 0 aliphatic rings. The molecule has 0 bridgehead atoms. The molecule has 0 rings (SSSR count). The number of carbonyl (C=O) groups excluding carboxylic acids is 1. The Labute approximate surface area is 97.5 Å². The second-order valence-corrected chi connectivity index (χ2v) is 3.11. The van der Waals surface area contributed by atoms with Crippen LogP contribution in [0.2, 0.25) is 0 Å². The number of nitrogens with one attached hydrogen (secondary N) is 1. The van der Waals surface area contributed by atoms with Gasteiger partial charge in [0.05, 0.1) is 6.61 Å². The van der Waals surface area contributed by atoms with Gasteiger partial charge in [0.25, 0.3) is 6.43 Å². The normalized spacial score (nSPS) is 10.4. The fourth-order valence-corrected chi connectivity index (χ4v) is 1.00. The Morgan fingerprint density at radius 2 is 2.12 bits per heavy atom. The first-order chi connectivity index (χ1) is 7.97. The number of carboxylic acids is 1. The zero-order valence-corrected chi connectivity index (χ0v) is 9.49. The number of likely N-dealkylation sites (N-methyl/N-ethyl adjacent to an activating group) is 1. The van der Waals surface area contributed by atoms with Crippen LogP contribution < -0.4 is 5.32 Å². The molecule has 0 saturated heterocycles. The van der Waals surface area contributed by atoms with E-state index < -0.39 is 31.6 Å². The van der Waals surface area contributed by atoms with Gasteiger partial charge in [0.2, 0.25) is 0 Å². The maximum absolute atomic E-state index is 11.7. The lowest BCUT2D eigenvalue weighted by Gasteiger charge is -2.19. The summed E-state index contributed by atoms with van der Waals surface area (Å²) < 4.78 is 27.9. The second kappa shape index (κ2) is 8.68. The largest absolute Gasteiger partial charge is 0.480 e. The van der Waals surface area contributed by atoms with Crippen LogP contribution in [0.15, 0.2) is 0 Å². The van der Waals surface area contributed by atoms with Crippen molar-refractivity contribution in [3.05, 3.63) is 0 Å². The van der Waals surface area contributed by atoms with Crippen LogP contribution in [0, 0.1) is 0 Å². The van der Waals surface area contributed by atoms with Gasteiger partial charge in [0.1, 0.15) is 13.2 Å². The number of urea groups is 1. The topological polar surface area (TPSA) is 78.9 Å². The predicted molar refractivity (Wildman–Crippen MR) is 55.1 cm³/mol. The van der Waals surface area contributed by atoms with Crippen LogP contribution in [0.5, 0.6) is 0 Å². The van der Waals surface area contributed by atoms with Crippen molar-refractivity contribution in [3.63, 3.8) is 0 Å². The minimum Gasteiger partial charge on any atom is -0.480 e. The van der Waals surface area contributed by atoms with Gasteiger partial charge in [-0.3, -0.25) is 4.79 Å². The molecular formula is C9H16F2N2O4. The molecule has 0 spiro atoms.